The monoisotopic (exact) mass is 397 g/mol. The van der Waals surface area contributed by atoms with E-state index in [1.54, 1.807) is 42.8 Å². The smallest absolute Gasteiger partial charge is 0.251 e. The molecule has 0 unspecified atom stereocenters. The third-order valence-electron chi connectivity index (χ3n) is 4.46. The minimum atomic E-state index is -0.777. The van der Waals surface area contributed by atoms with E-state index in [2.05, 4.69) is 20.8 Å². The van der Waals surface area contributed by atoms with Gasteiger partial charge in [-0.2, -0.15) is 4.68 Å². The molecule has 0 saturated heterocycles. The number of aliphatic hydroxyl groups excluding tert-OH is 1. The minimum Gasteiger partial charge on any atom is -0.394 e. The number of hydrogen-bond acceptors (Lipinski definition) is 5. The Morgan fingerprint density at radius 2 is 1.86 bits per heavy atom. The second-order valence-electron chi connectivity index (χ2n) is 7.88. The number of hydrogen-bond donors (Lipinski definition) is 2. The molecule has 0 aliphatic carbocycles. The van der Waals surface area contributed by atoms with Crippen molar-refractivity contribution in [2.75, 3.05) is 6.61 Å². The number of halogens is 1. The van der Waals surface area contributed by atoms with Crippen molar-refractivity contribution in [1.29, 1.82) is 0 Å². The number of rotatable bonds is 6. The third-order valence-corrected chi connectivity index (χ3v) is 4.46. The Balaban J connectivity index is 2.13. The van der Waals surface area contributed by atoms with Gasteiger partial charge in [0.25, 0.3) is 5.91 Å². The lowest BCUT2D eigenvalue weighted by Crippen LogP contribution is -2.46. The van der Waals surface area contributed by atoms with Gasteiger partial charge in [0.1, 0.15) is 5.82 Å². The highest BCUT2D eigenvalue weighted by atomic mass is 19.1. The maximum atomic E-state index is 13.4. The molecule has 0 aliphatic heterocycles. The molecule has 0 atom stereocenters. The van der Waals surface area contributed by atoms with E-state index in [0.29, 0.717) is 17.1 Å². The molecule has 3 aromatic rings. The van der Waals surface area contributed by atoms with Crippen molar-refractivity contribution in [3.63, 3.8) is 0 Å². The van der Waals surface area contributed by atoms with Gasteiger partial charge in [-0.1, -0.05) is 26.0 Å². The van der Waals surface area contributed by atoms with Crippen LogP contribution in [0.2, 0.25) is 0 Å². The van der Waals surface area contributed by atoms with Crippen LogP contribution >= 0.6 is 0 Å². The number of nitrogens with one attached hydrogen (secondary N) is 1. The predicted molar refractivity (Wildman–Crippen MR) is 107 cm³/mol. The van der Waals surface area contributed by atoms with Gasteiger partial charge in [-0.15, -0.1) is 5.10 Å². The second-order valence-corrected chi connectivity index (χ2v) is 7.88. The first-order chi connectivity index (χ1) is 13.7. The number of tetrazole rings is 1. The summed E-state index contributed by atoms with van der Waals surface area (Å²) in [6.07, 6.45) is 0. The van der Waals surface area contributed by atoms with Gasteiger partial charge in [0.15, 0.2) is 5.82 Å². The molecule has 1 aromatic heterocycles. The van der Waals surface area contributed by atoms with Crippen LogP contribution in [0.3, 0.4) is 0 Å². The summed E-state index contributed by atoms with van der Waals surface area (Å²) in [5.74, 6) is 0.0527. The van der Waals surface area contributed by atoms with Crippen LogP contribution in [-0.4, -0.2) is 43.4 Å². The number of carbonyl (C=O) groups excluding carboxylic acids is 1. The lowest BCUT2D eigenvalue weighted by Gasteiger charge is -2.23. The van der Waals surface area contributed by atoms with Crippen LogP contribution in [-0.2, 0) is 0 Å². The molecule has 0 bridgehead atoms. The first kappa shape index (κ1) is 20.6. The predicted octanol–water partition coefficient (Wildman–Crippen LogP) is 3.09. The van der Waals surface area contributed by atoms with Gasteiger partial charge in [0, 0.05) is 11.5 Å². The molecule has 0 aliphatic rings. The second kappa shape index (κ2) is 8.08. The van der Waals surface area contributed by atoms with Gasteiger partial charge >= 0.3 is 0 Å². The maximum Gasteiger partial charge on any atom is 0.251 e. The Hall–Kier alpha value is -3.13. The summed E-state index contributed by atoms with van der Waals surface area (Å²) in [5, 5.41) is 24.2. The van der Waals surface area contributed by atoms with E-state index in [1.165, 1.54) is 12.1 Å². The Labute approximate surface area is 168 Å². The first-order valence-corrected chi connectivity index (χ1v) is 9.33. The summed E-state index contributed by atoms with van der Waals surface area (Å²) in [7, 11) is 0. The van der Waals surface area contributed by atoms with Crippen LogP contribution in [0.25, 0.3) is 16.8 Å². The van der Waals surface area contributed by atoms with Crippen molar-refractivity contribution in [3.8, 4) is 16.8 Å². The molecule has 0 fully saturated rings. The molecule has 7 nitrogen and oxygen atoms in total. The Kier molecular flexibility index (Phi) is 5.74. The summed E-state index contributed by atoms with van der Waals surface area (Å²) in [4.78, 5) is 12.9. The highest BCUT2D eigenvalue weighted by molar-refractivity contribution is 5.96. The van der Waals surface area contributed by atoms with Gasteiger partial charge in [-0.05, 0) is 65.7 Å². The fourth-order valence-electron chi connectivity index (χ4n) is 2.83. The van der Waals surface area contributed by atoms with E-state index in [1.807, 2.05) is 19.9 Å². The van der Waals surface area contributed by atoms with E-state index in [0.717, 1.165) is 11.1 Å². The average molecular weight is 397 g/mol. The minimum absolute atomic E-state index is 0.0741. The van der Waals surface area contributed by atoms with Crippen LogP contribution in [0, 0.1) is 5.82 Å². The van der Waals surface area contributed by atoms with E-state index >= 15 is 0 Å². The number of aliphatic hydroxyl groups is 1. The fourth-order valence-corrected chi connectivity index (χ4v) is 2.83. The van der Waals surface area contributed by atoms with Crippen molar-refractivity contribution >= 4 is 5.91 Å². The molecule has 29 heavy (non-hydrogen) atoms. The number of benzene rings is 2. The molecule has 152 valence electrons. The van der Waals surface area contributed by atoms with E-state index in [9.17, 15) is 14.3 Å². The highest BCUT2D eigenvalue weighted by Gasteiger charge is 2.22. The molecule has 3 rings (SSSR count). The van der Waals surface area contributed by atoms with Crippen LogP contribution < -0.4 is 5.32 Å². The van der Waals surface area contributed by atoms with Crippen LogP contribution in [0.5, 0.6) is 0 Å². The molecule has 0 radical (unpaired) electrons. The van der Waals surface area contributed by atoms with Gasteiger partial charge in [0.05, 0.1) is 17.8 Å². The van der Waals surface area contributed by atoms with E-state index in [-0.39, 0.29) is 24.2 Å². The van der Waals surface area contributed by atoms with E-state index in [4.69, 9.17) is 0 Å². The molecule has 1 amide bonds. The van der Waals surface area contributed by atoms with Crippen molar-refractivity contribution in [3.05, 3.63) is 59.7 Å². The summed E-state index contributed by atoms with van der Waals surface area (Å²) >= 11 is 0. The van der Waals surface area contributed by atoms with Crippen molar-refractivity contribution in [1.82, 2.24) is 25.5 Å². The third kappa shape index (κ3) is 4.65. The Bertz CT molecular complexity index is 1010. The summed E-state index contributed by atoms with van der Waals surface area (Å²) in [6, 6.07) is 11.3. The van der Waals surface area contributed by atoms with Crippen LogP contribution in [0.1, 0.15) is 49.8 Å². The zero-order valence-electron chi connectivity index (χ0n) is 16.8. The maximum absolute atomic E-state index is 13.4. The zero-order valence-corrected chi connectivity index (χ0v) is 16.8. The van der Waals surface area contributed by atoms with Crippen molar-refractivity contribution < 1.29 is 14.3 Å². The topological polar surface area (TPSA) is 92.9 Å². The molecule has 1 heterocycles. The fraction of sp³-hybridized carbons (Fsp3) is 0.333. The van der Waals surface area contributed by atoms with E-state index < -0.39 is 5.54 Å². The highest BCUT2D eigenvalue weighted by Crippen LogP contribution is 2.26. The SMILES string of the molecule is CC(C)c1nnnn1-c1cc(C(=O)NC(C)(C)CO)cc(-c2ccc(F)cc2)c1. The van der Waals surface area contributed by atoms with Crippen molar-refractivity contribution in [2.45, 2.75) is 39.2 Å². The van der Waals surface area contributed by atoms with Gasteiger partial charge < -0.3 is 10.4 Å². The zero-order chi connectivity index (χ0) is 21.2. The summed E-state index contributed by atoms with van der Waals surface area (Å²) in [5.41, 5.74) is 1.70. The Morgan fingerprint density at radius 3 is 2.48 bits per heavy atom. The van der Waals surface area contributed by atoms with Crippen LogP contribution in [0.15, 0.2) is 42.5 Å². The molecular formula is C21H24FN5O2. The lowest BCUT2D eigenvalue weighted by molar-refractivity contribution is 0.0869. The number of carbonyl (C=O) groups is 1. The number of nitrogens with zero attached hydrogens (tertiary/aromatic N) is 4. The normalized spacial score (nSPS) is 11.7. The molecule has 2 aromatic carbocycles. The quantitative estimate of drug-likeness (QED) is 0.667. The largest absolute Gasteiger partial charge is 0.394 e. The molecule has 0 saturated carbocycles. The average Bonchev–Trinajstić information content (AvgIpc) is 3.18. The molecular weight excluding hydrogens is 373 g/mol. The van der Waals surface area contributed by atoms with Crippen LogP contribution in [0.4, 0.5) is 4.39 Å². The number of amides is 1. The Morgan fingerprint density at radius 1 is 1.17 bits per heavy atom. The van der Waals surface area contributed by atoms with Crippen molar-refractivity contribution in [2.24, 2.45) is 0 Å². The van der Waals surface area contributed by atoms with Gasteiger partial charge in [-0.25, -0.2) is 4.39 Å². The standard InChI is InChI=1S/C21H24FN5O2/c1-13(2)19-24-25-26-27(19)18-10-15(14-5-7-17(22)8-6-14)9-16(11-18)20(29)23-21(3,4)12-28/h5-11,13,28H,12H2,1-4H3,(H,23,29). The molecule has 2 N–H and O–H groups in total. The summed E-state index contributed by atoms with van der Waals surface area (Å²) < 4.78 is 14.9. The van der Waals surface area contributed by atoms with Gasteiger partial charge in [0.2, 0.25) is 0 Å². The lowest BCUT2D eigenvalue weighted by atomic mass is 10.00. The van der Waals surface area contributed by atoms with Gasteiger partial charge in [-0.3, -0.25) is 4.79 Å². The molecule has 8 heteroatoms. The molecule has 0 spiro atoms. The summed E-state index contributed by atoms with van der Waals surface area (Å²) in [6.45, 7) is 7.21. The first-order valence-electron chi connectivity index (χ1n) is 9.33. The number of aromatic nitrogens is 4.